The van der Waals surface area contributed by atoms with E-state index in [1.807, 2.05) is 54.6 Å². The van der Waals surface area contributed by atoms with E-state index in [1.54, 1.807) is 0 Å². The third kappa shape index (κ3) is 11.2. The fourth-order valence-electron chi connectivity index (χ4n) is 3.12. The third-order valence-corrected chi connectivity index (χ3v) is 4.89. The van der Waals surface area contributed by atoms with Gasteiger partial charge in [0.25, 0.3) is 0 Å². The summed E-state index contributed by atoms with van der Waals surface area (Å²) in [4.78, 5) is 21.8. The summed E-state index contributed by atoms with van der Waals surface area (Å²) in [7, 11) is 0. The van der Waals surface area contributed by atoms with E-state index in [1.165, 1.54) is 0 Å². The van der Waals surface area contributed by atoms with Crippen molar-refractivity contribution >= 4 is 11.9 Å². The minimum atomic E-state index is -5.08. The van der Waals surface area contributed by atoms with Gasteiger partial charge in [-0.2, -0.15) is 13.2 Å². The van der Waals surface area contributed by atoms with Crippen molar-refractivity contribution in [2.24, 2.45) is 0 Å². The summed E-state index contributed by atoms with van der Waals surface area (Å²) < 4.78 is 48.9. The summed E-state index contributed by atoms with van der Waals surface area (Å²) in [5.41, 5.74) is 2.23. The van der Waals surface area contributed by atoms with Gasteiger partial charge in [-0.3, -0.25) is 9.69 Å². The van der Waals surface area contributed by atoms with Gasteiger partial charge < -0.3 is 24.4 Å². The number of hydrogen-bond donors (Lipinski definition) is 2. The van der Waals surface area contributed by atoms with Crippen molar-refractivity contribution in [1.29, 1.82) is 0 Å². The number of alkyl halides is 3. The fourth-order valence-corrected chi connectivity index (χ4v) is 3.12. The molecule has 8 nitrogen and oxygen atoms in total. The van der Waals surface area contributed by atoms with Crippen molar-refractivity contribution in [1.82, 2.24) is 4.90 Å². The van der Waals surface area contributed by atoms with Gasteiger partial charge in [0, 0.05) is 19.6 Å². The van der Waals surface area contributed by atoms with E-state index in [2.05, 4.69) is 4.90 Å². The van der Waals surface area contributed by atoms with Crippen LogP contribution in [0, 0.1) is 0 Å². The summed E-state index contributed by atoms with van der Waals surface area (Å²) in [5.74, 6) is -2.73. The third-order valence-electron chi connectivity index (χ3n) is 4.89. The molecule has 1 fully saturated rings. The number of ether oxygens (including phenoxy) is 3. The van der Waals surface area contributed by atoms with Gasteiger partial charge in [-0.05, 0) is 23.3 Å². The summed E-state index contributed by atoms with van der Waals surface area (Å²) in [6.07, 6.45) is -4.96. The highest BCUT2D eigenvalue weighted by atomic mass is 19.4. The van der Waals surface area contributed by atoms with Crippen LogP contribution in [0.5, 0.6) is 5.75 Å². The molecule has 35 heavy (non-hydrogen) atoms. The van der Waals surface area contributed by atoms with Gasteiger partial charge in [-0.25, -0.2) is 4.79 Å². The predicted octanol–water partition coefficient (Wildman–Crippen LogP) is 3.76. The number of nitrogens with zero attached hydrogens (tertiary/aromatic N) is 1. The van der Waals surface area contributed by atoms with Crippen LogP contribution in [0.25, 0.3) is 0 Å². The van der Waals surface area contributed by atoms with Gasteiger partial charge in [-0.15, -0.1) is 0 Å². The van der Waals surface area contributed by atoms with Gasteiger partial charge in [0.2, 0.25) is 0 Å². The van der Waals surface area contributed by atoms with Crippen molar-refractivity contribution in [3.63, 3.8) is 0 Å². The molecule has 0 radical (unpaired) electrons. The molecule has 0 aliphatic carbocycles. The second kappa shape index (κ2) is 14.3. The van der Waals surface area contributed by atoms with Crippen LogP contribution in [0.15, 0.2) is 54.6 Å². The molecule has 0 spiro atoms. The van der Waals surface area contributed by atoms with Gasteiger partial charge in [0.15, 0.2) is 0 Å². The van der Waals surface area contributed by atoms with E-state index < -0.39 is 18.1 Å². The molecule has 2 N–H and O–H groups in total. The molecule has 1 unspecified atom stereocenters. The van der Waals surface area contributed by atoms with Crippen molar-refractivity contribution < 1.29 is 47.2 Å². The molecule has 192 valence electrons. The molecule has 1 aliphatic heterocycles. The number of hydrogen-bond acceptors (Lipinski definition) is 6. The number of benzene rings is 2. The molecule has 0 bridgehead atoms. The van der Waals surface area contributed by atoms with Crippen LogP contribution >= 0.6 is 0 Å². The van der Waals surface area contributed by atoms with Gasteiger partial charge >= 0.3 is 18.1 Å². The first-order chi connectivity index (χ1) is 16.6. The highest BCUT2D eigenvalue weighted by Gasteiger charge is 2.38. The first-order valence-electron chi connectivity index (χ1n) is 10.9. The smallest absolute Gasteiger partial charge is 0.490 e. The first-order valence-corrected chi connectivity index (χ1v) is 10.9. The van der Waals surface area contributed by atoms with Crippen molar-refractivity contribution in [3.8, 4) is 5.75 Å². The zero-order chi connectivity index (χ0) is 25.7. The van der Waals surface area contributed by atoms with Crippen LogP contribution in [0.3, 0.4) is 0 Å². The van der Waals surface area contributed by atoms with Crippen molar-refractivity contribution in [3.05, 3.63) is 65.7 Å². The Bertz CT molecular complexity index is 908. The molecule has 2 aromatic rings. The second-order valence-corrected chi connectivity index (χ2v) is 7.56. The highest BCUT2D eigenvalue weighted by molar-refractivity contribution is 5.73. The molecule has 3 rings (SSSR count). The maximum atomic E-state index is 10.7. The van der Waals surface area contributed by atoms with Crippen molar-refractivity contribution in [2.45, 2.75) is 25.3 Å². The molecule has 0 amide bonds. The zero-order valence-electron chi connectivity index (χ0n) is 18.9. The number of carboxylic acid groups (broad SMARTS) is 2. The number of carboxylic acids is 2. The van der Waals surface area contributed by atoms with Crippen LogP contribution in [0.1, 0.15) is 23.7 Å². The van der Waals surface area contributed by atoms with E-state index in [0.29, 0.717) is 39.5 Å². The fraction of sp³-hybridized carbons (Fsp3) is 0.417. The Morgan fingerprint density at radius 1 is 1.03 bits per heavy atom. The molecular formula is C24H28F3NO7. The van der Waals surface area contributed by atoms with Crippen LogP contribution in [-0.4, -0.2) is 72.7 Å². The highest BCUT2D eigenvalue weighted by Crippen LogP contribution is 2.24. The Balaban J connectivity index is 0.000000540. The maximum absolute atomic E-state index is 10.7. The van der Waals surface area contributed by atoms with Crippen LogP contribution in [0.4, 0.5) is 13.2 Å². The Hall–Kier alpha value is -3.15. The zero-order valence-corrected chi connectivity index (χ0v) is 18.9. The summed E-state index contributed by atoms with van der Waals surface area (Å²) in [6, 6.07) is 17.9. The molecule has 1 atom stereocenters. The number of morpholine rings is 1. The lowest BCUT2D eigenvalue weighted by Gasteiger charge is -2.32. The first kappa shape index (κ1) is 28.1. The van der Waals surface area contributed by atoms with E-state index in [-0.39, 0.29) is 12.5 Å². The topological polar surface area (TPSA) is 106 Å². The van der Waals surface area contributed by atoms with Crippen LogP contribution < -0.4 is 4.74 Å². The molecule has 1 aliphatic rings. The predicted molar refractivity (Wildman–Crippen MR) is 119 cm³/mol. The molecule has 1 heterocycles. The average Bonchev–Trinajstić information content (AvgIpc) is 2.83. The number of rotatable bonds is 10. The van der Waals surface area contributed by atoms with Crippen LogP contribution in [0.2, 0.25) is 0 Å². The SMILES string of the molecule is O=C(O)C(F)(F)F.O=C(O)CCN1CCOC(c2ccc(OCCOCc3ccccc3)cc2)C1. The Morgan fingerprint density at radius 2 is 1.69 bits per heavy atom. The molecular weight excluding hydrogens is 471 g/mol. The summed E-state index contributed by atoms with van der Waals surface area (Å²) >= 11 is 0. The largest absolute Gasteiger partial charge is 0.491 e. The van der Waals surface area contributed by atoms with E-state index in [4.69, 9.17) is 29.2 Å². The molecule has 1 saturated heterocycles. The van der Waals surface area contributed by atoms with E-state index in [0.717, 1.165) is 23.4 Å². The normalized spacial score (nSPS) is 16.1. The second-order valence-electron chi connectivity index (χ2n) is 7.56. The standard InChI is InChI=1S/C22H27NO5.C2HF3O2/c24-22(25)10-11-23-12-13-28-21(16-23)19-6-8-20(9-7-19)27-15-14-26-17-18-4-2-1-3-5-18;3-2(4,5)1(6)7/h1-9,21H,10-17H2,(H,24,25);(H,6,7). The minimum Gasteiger partial charge on any atom is -0.491 e. The molecule has 0 saturated carbocycles. The number of halogens is 3. The Kier molecular flexibility index (Phi) is 11.5. The van der Waals surface area contributed by atoms with Crippen molar-refractivity contribution in [2.75, 3.05) is 39.5 Å². The maximum Gasteiger partial charge on any atom is 0.490 e. The molecule has 2 aromatic carbocycles. The number of aliphatic carboxylic acids is 2. The van der Waals surface area contributed by atoms with E-state index in [9.17, 15) is 18.0 Å². The lowest BCUT2D eigenvalue weighted by atomic mass is 10.1. The lowest BCUT2D eigenvalue weighted by molar-refractivity contribution is -0.192. The monoisotopic (exact) mass is 499 g/mol. The van der Waals surface area contributed by atoms with E-state index >= 15 is 0 Å². The summed E-state index contributed by atoms with van der Waals surface area (Å²) in [5, 5.41) is 16.0. The Morgan fingerprint density at radius 3 is 2.29 bits per heavy atom. The van der Waals surface area contributed by atoms with Crippen LogP contribution in [-0.2, 0) is 25.7 Å². The lowest BCUT2D eigenvalue weighted by Crippen LogP contribution is -2.39. The van der Waals surface area contributed by atoms with Gasteiger partial charge in [0.1, 0.15) is 12.4 Å². The molecule has 11 heteroatoms. The summed E-state index contributed by atoms with van der Waals surface area (Å²) in [6.45, 7) is 4.26. The Labute approximate surface area is 200 Å². The van der Waals surface area contributed by atoms with Gasteiger partial charge in [-0.1, -0.05) is 42.5 Å². The molecule has 0 aromatic heterocycles. The minimum absolute atomic E-state index is 0.0363. The number of carbonyl (C=O) groups is 2. The van der Waals surface area contributed by atoms with Gasteiger partial charge in [0.05, 0.1) is 32.3 Å². The quantitative estimate of drug-likeness (QED) is 0.476. The average molecular weight is 499 g/mol.